The third-order valence-electron chi connectivity index (χ3n) is 3.73. The van der Waals surface area contributed by atoms with Gasteiger partial charge in [0.05, 0.1) is 6.61 Å². The van der Waals surface area contributed by atoms with Crippen LogP contribution in [0.2, 0.25) is 0 Å². The second-order valence-corrected chi connectivity index (χ2v) is 6.23. The van der Waals surface area contributed by atoms with Gasteiger partial charge in [0.1, 0.15) is 18.5 Å². The van der Waals surface area contributed by atoms with Crippen LogP contribution in [0.3, 0.4) is 0 Å². The van der Waals surface area contributed by atoms with Crippen molar-refractivity contribution in [2.24, 2.45) is 0 Å². The zero-order chi connectivity index (χ0) is 17.5. The molecule has 130 valence electrons. The van der Waals surface area contributed by atoms with E-state index in [1.807, 2.05) is 45.9 Å². The Morgan fingerprint density at radius 3 is 2.74 bits per heavy atom. The average molecular weight is 326 g/mol. The SMILES string of the molecule is Cc1cccc(OCC(O)CNC(C)(C)CCO[N+](=O)[O-])c1C. The molecule has 0 spiro atoms. The smallest absolute Gasteiger partial charge is 0.294 e. The molecule has 1 aromatic rings. The predicted molar refractivity (Wildman–Crippen MR) is 87.1 cm³/mol. The molecule has 0 fully saturated rings. The van der Waals surface area contributed by atoms with E-state index in [9.17, 15) is 15.2 Å². The molecule has 7 heteroatoms. The molecule has 0 amide bonds. The van der Waals surface area contributed by atoms with Gasteiger partial charge >= 0.3 is 0 Å². The molecule has 0 heterocycles. The molecule has 0 saturated carbocycles. The van der Waals surface area contributed by atoms with Gasteiger partial charge in [-0.05, 0) is 51.3 Å². The van der Waals surface area contributed by atoms with Crippen LogP contribution in [0.4, 0.5) is 0 Å². The second-order valence-electron chi connectivity index (χ2n) is 6.23. The molecule has 1 aromatic carbocycles. The van der Waals surface area contributed by atoms with Crippen LogP contribution in [0, 0.1) is 24.0 Å². The lowest BCUT2D eigenvalue weighted by Crippen LogP contribution is -2.45. The quantitative estimate of drug-likeness (QED) is 0.504. The summed E-state index contributed by atoms with van der Waals surface area (Å²) in [5, 5.41) is 22.5. The van der Waals surface area contributed by atoms with E-state index in [0.717, 1.165) is 16.9 Å². The van der Waals surface area contributed by atoms with E-state index in [-0.39, 0.29) is 18.8 Å². The number of nitrogens with one attached hydrogen (secondary N) is 1. The number of aliphatic hydroxyl groups is 1. The van der Waals surface area contributed by atoms with E-state index in [4.69, 9.17) is 4.74 Å². The minimum Gasteiger partial charge on any atom is -0.491 e. The molecule has 0 aliphatic rings. The normalized spacial score (nSPS) is 12.7. The number of benzene rings is 1. The minimum absolute atomic E-state index is 0.0160. The molecule has 0 aromatic heterocycles. The van der Waals surface area contributed by atoms with Crippen molar-refractivity contribution < 1.29 is 19.8 Å². The van der Waals surface area contributed by atoms with Crippen molar-refractivity contribution in [3.63, 3.8) is 0 Å². The molecule has 7 nitrogen and oxygen atoms in total. The summed E-state index contributed by atoms with van der Waals surface area (Å²) in [6.45, 7) is 8.31. The zero-order valence-corrected chi connectivity index (χ0v) is 14.2. The van der Waals surface area contributed by atoms with Crippen LogP contribution < -0.4 is 10.1 Å². The molecule has 0 aliphatic carbocycles. The van der Waals surface area contributed by atoms with Crippen LogP contribution in [0.5, 0.6) is 5.75 Å². The van der Waals surface area contributed by atoms with Gasteiger partial charge in [-0.25, -0.2) is 0 Å². The fraction of sp³-hybridized carbons (Fsp3) is 0.625. The molecular weight excluding hydrogens is 300 g/mol. The first kappa shape index (κ1) is 19.2. The van der Waals surface area contributed by atoms with Crippen LogP contribution >= 0.6 is 0 Å². The molecule has 1 atom stereocenters. The van der Waals surface area contributed by atoms with Gasteiger partial charge in [-0.15, -0.1) is 10.1 Å². The number of hydrogen-bond acceptors (Lipinski definition) is 6. The summed E-state index contributed by atoms with van der Waals surface area (Å²) < 4.78 is 5.65. The van der Waals surface area contributed by atoms with E-state index in [1.165, 1.54) is 0 Å². The van der Waals surface area contributed by atoms with E-state index < -0.39 is 11.2 Å². The topological polar surface area (TPSA) is 93.9 Å². The van der Waals surface area contributed by atoms with Crippen molar-refractivity contribution in [3.05, 3.63) is 39.4 Å². The van der Waals surface area contributed by atoms with Crippen LogP contribution in [0.25, 0.3) is 0 Å². The Morgan fingerprint density at radius 1 is 1.39 bits per heavy atom. The number of hydrogen-bond donors (Lipinski definition) is 2. The van der Waals surface area contributed by atoms with Gasteiger partial charge in [-0.2, -0.15) is 0 Å². The van der Waals surface area contributed by atoms with Crippen molar-refractivity contribution in [2.75, 3.05) is 19.8 Å². The van der Waals surface area contributed by atoms with Crippen molar-refractivity contribution >= 4 is 0 Å². The molecule has 23 heavy (non-hydrogen) atoms. The number of nitrogens with zero attached hydrogens (tertiary/aromatic N) is 1. The Hall–Kier alpha value is -1.86. The Bertz CT molecular complexity index is 519. The summed E-state index contributed by atoms with van der Waals surface area (Å²) in [6.07, 6.45) is -0.218. The standard InChI is InChI=1S/C16H26N2O5/c1-12-6-5-7-15(13(12)2)22-11-14(19)10-17-16(3,4)8-9-23-18(20)21/h5-7,14,17,19H,8-11H2,1-4H3. The van der Waals surface area contributed by atoms with Gasteiger partial charge in [0.15, 0.2) is 0 Å². The van der Waals surface area contributed by atoms with Gasteiger partial charge in [0, 0.05) is 12.1 Å². The largest absolute Gasteiger partial charge is 0.491 e. The summed E-state index contributed by atoms with van der Waals surface area (Å²) in [4.78, 5) is 14.4. The molecular formula is C16H26N2O5. The summed E-state index contributed by atoms with van der Waals surface area (Å²) in [6, 6.07) is 5.80. The van der Waals surface area contributed by atoms with Crippen molar-refractivity contribution in [1.29, 1.82) is 0 Å². The second kappa shape index (κ2) is 8.69. The number of ether oxygens (including phenoxy) is 1. The number of aryl methyl sites for hydroxylation is 1. The lowest BCUT2D eigenvalue weighted by molar-refractivity contribution is -0.758. The first-order chi connectivity index (χ1) is 10.7. The molecule has 2 N–H and O–H groups in total. The Labute approximate surface area is 136 Å². The van der Waals surface area contributed by atoms with Crippen molar-refractivity contribution in [3.8, 4) is 5.75 Å². The van der Waals surface area contributed by atoms with Crippen LogP contribution in [0.1, 0.15) is 31.4 Å². The highest BCUT2D eigenvalue weighted by Crippen LogP contribution is 2.20. The van der Waals surface area contributed by atoms with Gasteiger partial charge in [0.25, 0.3) is 5.09 Å². The van der Waals surface area contributed by atoms with E-state index in [2.05, 4.69) is 10.2 Å². The maximum atomic E-state index is 10.1. The highest BCUT2D eigenvalue weighted by molar-refractivity contribution is 5.38. The van der Waals surface area contributed by atoms with Gasteiger partial charge in [-0.1, -0.05) is 12.1 Å². The Morgan fingerprint density at radius 2 is 2.09 bits per heavy atom. The number of β-amino-alcohol motifs (C(OH)–C–C–N with tert-alkyl or cyclic N) is 1. The molecule has 0 bridgehead atoms. The molecule has 0 aliphatic heterocycles. The first-order valence-corrected chi connectivity index (χ1v) is 7.61. The molecule has 1 unspecified atom stereocenters. The number of aliphatic hydroxyl groups excluding tert-OH is 1. The van der Waals surface area contributed by atoms with Gasteiger partial charge in [0.2, 0.25) is 0 Å². The number of rotatable bonds is 10. The fourth-order valence-electron chi connectivity index (χ4n) is 1.98. The maximum Gasteiger partial charge on any atom is 0.294 e. The van der Waals surface area contributed by atoms with Gasteiger partial charge < -0.3 is 20.0 Å². The fourth-order valence-corrected chi connectivity index (χ4v) is 1.98. The van der Waals surface area contributed by atoms with E-state index >= 15 is 0 Å². The van der Waals surface area contributed by atoms with E-state index in [1.54, 1.807) is 0 Å². The zero-order valence-electron chi connectivity index (χ0n) is 14.2. The van der Waals surface area contributed by atoms with E-state index in [0.29, 0.717) is 13.0 Å². The molecule has 0 saturated heterocycles. The molecule has 1 rings (SSSR count). The monoisotopic (exact) mass is 326 g/mol. The Kier molecular flexibility index (Phi) is 7.25. The highest BCUT2D eigenvalue weighted by Gasteiger charge is 2.19. The minimum atomic E-state index is -0.803. The molecule has 0 radical (unpaired) electrons. The lowest BCUT2D eigenvalue weighted by atomic mass is 10.0. The van der Waals surface area contributed by atoms with Crippen LogP contribution in [0.15, 0.2) is 18.2 Å². The Balaban J connectivity index is 2.34. The first-order valence-electron chi connectivity index (χ1n) is 7.61. The summed E-state index contributed by atoms with van der Waals surface area (Å²) >= 11 is 0. The lowest BCUT2D eigenvalue weighted by Gasteiger charge is -2.27. The average Bonchev–Trinajstić information content (AvgIpc) is 2.46. The summed E-state index contributed by atoms with van der Waals surface area (Å²) in [5.41, 5.74) is 1.82. The predicted octanol–water partition coefficient (Wildman–Crippen LogP) is 2.01. The third-order valence-corrected chi connectivity index (χ3v) is 3.73. The third kappa shape index (κ3) is 7.30. The maximum absolute atomic E-state index is 10.1. The summed E-state index contributed by atoms with van der Waals surface area (Å²) in [7, 11) is 0. The summed E-state index contributed by atoms with van der Waals surface area (Å²) in [5.74, 6) is 0.766. The van der Waals surface area contributed by atoms with Crippen LogP contribution in [-0.2, 0) is 4.84 Å². The van der Waals surface area contributed by atoms with Gasteiger partial charge in [-0.3, -0.25) is 0 Å². The van der Waals surface area contributed by atoms with Crippen LogP contribution in [-0.4, -0.2) is 41.6 Å². The highest BCUT2D eigenvalue weighted by atomic mass is 16.9. The van der Waals surface area contributed by atoms with Crippen molar-refractivity contribution in [1.82, 2.24) is 5.32 Å². The van der Waals surface area contributed by atoms with Crippen molar-refractivity contribution in [2.45, 2.75) is 45.8 Å².